The van der Waals surface area contributed by atoms with E-state index in [9.17, 15) is 0 Å². The Hall–Kier alpha value is -2.01. The van der Waals surface area contributed by atoms with Crippen molar-refractivity contribution in [1.82, 2.24) is 9.78 Å². The SMILES string of the molecule is CCc1cc(COc2ccc(CN)cc2OC)n(CC)n1. The lowest BCUT2D eigenvalue weighted by atomic mass is 10.2. The molecule has 0 atom stereocenters. The molecule has 0 unspecified atom stereocenters. The molecule has 0 aliphatic carbocycles. The Morgan fingerprint density at radius 1 is 1.19 bits per heavy atom. The number of benzene rings is 1. The van der Waals surface area contributed by atoms with Gasteiger partial charge >= 0.3 is 0 Å². The van der Waals surface area contributed by atoms with Crippen molar-refractivity contribution in [3.8, 4) is 11.5 Å². The first-order valence-electron chi connectivity index (χ1n) is 7.27. The van der Waals surface area contributed by atoms with Crippen LogP contribution in [-0.4, -0.2) is 16.9 Å². The molecule has 0 fully saturated rings. The number of nitrogens with two attached hydrogens (primary N) is 1. The summed E-state index contributed by atoms with van der Waals surface area (Å²) in [5.74, 6) is 1.42. The second-order valence-corrected chi connectivity index (χ2v) is 4.77. The average Bonchev–Trinajstić information content (AvgIpc) is 2.95. The van der Waals surface area contributed by atoms with Gasteiger partial charge in [-0.2, -0.15) is 5.10 Å². The summed E-state index contributed by atoms with van der Waals surface area (Å²) >= 11 is 0. The Morgan fingerprint density at radius 3 is 2.62 bits per heavy atom. The largest absolute Gasteiger partial charge is 0.493 e. The van der Waals surface area contributed by atoms with Crippen LogP contribution in [0.2, 0.25) is 0 Å². The van der Waals surface area contributed by atoms with Crippen LogP contribution in [0.1, 0.15) is 30.8 Å². The number of nitrogens with zero attached hydrogens (tertiary/aromatic N) is 2. The summed E-state index contributed by atoms with van der Waals surface area (Å²) in [6.45, 7) is 5.97. The molecule has 0 amide bonds. The average molecular weight is 289 g/mol. The fraction of sp³-hybridized carbons (Fsp3) is 0.438. The molecule has 0 radical (unpaired) electrons. The van der Waals surface area contributed by atoms with Crippen LogP contribution < -0.4 is 15.2 Å². The number of aryl methyl sites for hydroxylation is 2. The number of methoxy groups -OCH3 is 1. The van der Waals surface area contributed by atoms with Crippen molar-refractivity contribution in [2.24, 2.45) is 5.73 Å². The molecule has 2 aromatic rings. The zero-order chi connectivity index (χ0) is 15.2. The predicted molar refractivity (Wildman–Crippen MR) is 82.5 cm³/mol. The monoisotopic (exact) mass is 289 g/mol. The smallest absolute Gasteiger partial charge is 0.161 e. The molecule has 2 N–H and O–H groups in total. The van der Waals surface area contributed by atoms with E-state index in [-0.39, 0.29) is 0 Å². The van der Waals surface area contributed by atoms with E-state index < -0.39 is 0 Å². The van der Waals surface area contributed by atoms with Crippen LogP contribution in [0.3, 0.4) is 0 Å². The van der Waals surface area contributed by atoms with Crippen molar-refractivity contribution in [3.63, 3.8) is 0 Å². The molecule has 0 aliphatic rings. The number of rotatable bonds is 7. The van der Waals surface area contributed by atoms with Crippen LogP contribution in [0.25, 0.3) is 0 Å². The van der Waals surface area contributed by atoms with Crippen molar-refractivity contribution in [2.45, 2.75) is 40.0 Å². The third-order valence-corrected chi connectivity index (χ3v) is 3.41. The van der Waals surface area contributed by atoms with Gasteiger partial charge in [0, 0.05) is 13.1 Å². The van der Waals surface area contributed by atoms with E-state index >= 15 is 0 Å². The maximum Gasteiger partial charge on any atom is 0.161 e. The lowest BCUT2D eigenvalue weighted by Gasteiger charge is -2.12. The highest BCUT2D eigenvalue weighted by molar-refractivity contribution is 5.43. The minimum absolute atomic E-state index is 0.471. The second kappa shape index (κ2) is 7.13. The summed E-state index contributed by atoms with van der Waals surface area (Å²) in [5.41, 5.74) is 8.81. The molecule has 0 saturated heterocycles. The van der Waals surface area contributed by atoms with Gasteiger partial charge in [0.15, 0.2) is 11.5 Å². The molecule has 0 bridgehead atoms. The molecule has 0 aliphatic heterocycles. The molecule has 1 heterocycles. The first-order valence-corrected chi connectivity index (χ1v) is 7.27. The van der Waals surface area contributed by atoms with Crippen LogP contribution >= 0.6 is 0 Å². The Labute approximate surface area is 125 Å². The number of aromatic nitrogens is 2. The highest BCUT2D eigenvalue weighted by Crippen LogP contribution is 2.28. The minimum Gasteiger partial charge on any atom is -0.493 e. The highest BCUT2D eigenvalue weighted by atomic mass is 16.5. The van der Waals surface area contributed by atoms with E-state index in [1.165, 1.54) is 0 Å². The summed E-state index contributed by atoms with van der Waals surface area (Å²) in [6, 6.07) is 7.84. The molecular formula is C16H23N3O2. The second-order valence-electron chi connectivity index (χ2n) is 4.77. The van der Waals surface area contributed by atoms with Crippen LogP contribution in [-0.2, 0) is 26.1 Å². The van der Waals surface area contributed by atoms with Gasteiger partial charge < -0.3 is 15.2 Å². The van der Waals surface area contributed by atoms with Gasteiger partial charge in [-0.1, -0.05) is 13.0 Å². The number of ether oxygens (including phenoxy) is 2. The van der Waals surface area contributed by atoms with Crippen molar-refractivity contribution < 1.29 is 9.47 Å². The predicted octanol–water partition coefficient (Wildman–Crippen LogP) is 2.51. The van der Waals surface area contributed by atoms with Gasteiger partial charge in [0.05, 0.1) is 18.5 Å². The highest BCUT2D eigenvalue weighted by Gasteiger charge is 2.09. The standard InChI is InChI=1S/C16H23N3O2/c1-4-13-9-14(19(5-2)18-13)11-21-15-7-6-12(10-17)8-16(15)20-3/h6-9H,4-5,10-11,17H2,1-3H3. The van der Waals surface area contributed by atoms with Gasteiger partial charge in [-0.25, -0.2) is 0 Å². The Bertz CT molecular complexity index is 593. The fourth-order valence-electron chi connectivity index (χ4n) is 2.19. The van der Waals surface area contributed by atoms with Crippen molar-refractivity contribution in [3.05, 3.63) is 41.2 Å². The fourth-order valence-corrected chi connectivity index (χ4v) is 2.19. The van der Waals surface area contributed by atoms with Crippen LogP contribution in [0.15, 0.2) is 24.3 Å². The van der Waals surface area contributed by atoms with Crippen LogP contribution in [0.4, 0.5) is 0 Å². The van der Waals surface area contributed by atoms with Gasteiger partial charge in [0.2, 0.25) is 0 Å². The normalized spacial score (nSPS) is 10.7. The number of hydrogen-bond acceptors (Lipinski definition) is 4. The van der Waals surface area contributed by atoms with Gasteiger partial charge in [-0.3, -0.25) is 4.68 Å². The molecule has 5 heteroatoms. The van der Waals surface area contributed by atoms with Gasteiger partial charge in [-0.05, 0) is 37.1 Å². The van der Waals surface area contributed by atoms with E-state index in [1.54, 1.807) is 7.11 Å². The van der Waals surface area contributed by atoms with Gasteiger partial charge in [-0.15, -0.1) is 0 Å². The van der Waals surface area contributed by atoms with E-state index in [2.05, 4.69) is 25.0 Å². The molecular weight excluding hydrogens is 266 g/mol. The lowest BCUT2D eigenvalue weighted by Crippen LogP contribution is -2.07. The van der Waals surface area contributed by atoms with Crippen LogP contribution in [0, 0.1) is 0 Å². The Morgan fingerprint density at radius 2 is 2.00 bits per heavy atom. The summed E-state index contributed by atoms with van der Waals surface area (Å²) in [7, 11) is 1.63. The summed E-state index contributed by atoms with van der Waals surface area (Å²) < 4.78 is 13.2. The zero-order valence-electron chi connectivity index (χ0n) is 12.9. The van der Waals surface area contributed by atoms with E-state index in [4.69, 9.17) is 15.2 Å². The molecule has 1 aromatic heterocycles. The lowest BCUT2D eigenvalue weighted by molar-refractivity contribution is 0.274. The van der Waals surface area contributed by atoms with Crippen molar-refractivity contribution >= 4 is 0 Å². The van der Waals surface area contributed by atoms with Crippen molar-refractivity contribution in [1.29, 1.82) is 0 Å². The number of hydrogen-bond donors (Lipinski definition) is 1. The van der Waals surface area contributed by atoms with Gasteiger partial charge in [0.25, 0.3) is 0 Å². The van der Waals surface area contributed by atoms with E-state index in [0.717, 1.165) is 35.7 Å². The molecule has 1 aromatic carbocycles. The third-order valence-electron chi connectivity index (χ3n) is 3.41. The molecule has 21 heavy (non-hydrogen) atoms. The summed E-state index contributed by atoms with van der Waals surface area (Å²) in [6.07, 6.45) is 0.925. The zero-order valence-corrected chi connectivity index (χ0v) is 12.9. The first-order chi connectivity index (χ1) is 10.2. The summed E-state index contributed by atoms with van der Waals surface area (Å²) in [5, 5.41) is 4.52. The maximum atomic E-state index is 5.89. The van der Waals surface area contributed by atoms with Crippen LogP contribution in [0.5, 0.6) is 11.5 Å². The molecule has 2 rings (SSSR count). The quantitative estimate of drug-likeness (QED) is 0.850. The Balaban J connectivity index is 2.14. The minimum atomic E-state index is 0.471. The van der Waals surface area contributed by atoms with E-state index in [1.807, 2.05) is 22.9 Å². The van der Waals surface area contributed by atoms with E-state index in [0.29, 0.717) is 18.9 Å². The molecule has 0 saturated carbocycles. The van der Waals surface area contributed by atoms with Gasteiger partial charge in [0.1, 0.15) is 6.61 Å². The first kappa shape index (κ1) is 15.4. The topological polar surface area (TPSA) is 62.3 Å². The van der Waals surface area contributed by atoms with Crippen molar-refractivity contribution in [2.75, 3.05) is 7.11 Å². The summed E-state index contributed by atoms with van der Waals surface area (Å²) in [4.78, 5) is 0. The molecule has 0 spiro atoms. The molecule has 114 valence electrons. The third kappa shape index (κ3) is 3.55. The molecule has 5 nitrogen and oxygen atoms in total. The Kier molecular flexibility index (Phi) is 5.22. The maximum absolute atomic E-state index is 5.89.